The van der Waals surface area contributed by atoms with Crippen LogP contribution in [0.5, 0.6) is 11.5 Å². The molecule has 10 nitrogen and oxygen atoms in total. The van der Waals surface area contributed by atoms with E-state index in [9.17, 15) is 9.18 Å². The Kier molecular flexibility index (Phi) is 5.59. The fourth-order valence-electron chi connectivity index (χ4n) is 5.38. The normalized spacial score (nSPS) is 15.8. The Morgan fingerprint density at radius 3 is 2.53 bits per heavy atom. The zero-order valence-electron chi connectivity index (χ0n) is 21.7. The van der Waals surface area contributed by atoms with E-state index in [1.807, 2.05) is 47.0 Å². The average molecular weight is 518 g/mol. The number of likely N-dealkylation sites (tertiary alicyclic amines) is 1. The molecule has 5 heterocycles. The van der Waals surface area contributed by atoms with Crippen molar-refractivity contribution < 1.29 is 18.7 Å². The van der Waals surface area contributed by atoms with Crippen molar-refractivity contribution in [2.75, 3.05) is 50.6 Å². The second-order valence-corrected chi connectivity index (χ2v) is 10.0. The zero-order valence-corrected chi connectivity index (χ0v) is 21.7. The predicted molar refractivity (Wildman–Crippen MR) is 141 cm³/mol. The van der Waals surface area contributed by atoms with E-state index in [-0.39, 0.29) is 23.0 Å². The first-order valence-electron chi connectivity index (χ1n) is 12.3. The van der Waals surface area contributed by atoms with Crippen LogP contribution >= 0.6 is 0 Å². The molecule has 1 N–H and O–H groups in total. The third-order valence-corrected chi connectivity index (χ3v) is 7.36. The van der Waals surface area contributed by atoms with Gasteiger partial charge in [-0.1, -0.05) is 0 Å². The third-order valence-electron chi connectivity index (χ3n) is 7.36. The molecule has 0 unspecified atom stereocenters. The first kappa shape index (κ1) is 24.0. The molecule has 1 spiro atoms. The highest BCUT2D eigenvalue weighted by atomic mass is 19.1. The highest BCUT2D eigenvalue weighted by molar-refractivity contribution is 5.82. The van der Waals surface area contributed by atoms with Gasteiger partial charge in [0.05, 0.1) is 31.8 Å². The first-order valence-corrected chi connectivity index (χ1v) is 12.3. The molecule has 0 saturated carbocycles. The van der Waals surface area contributed by atoms with E-state index >= 15 is 0 Å². The van der Waals surface area contributed by atoms with Gasteiger partial charge in [0.25, 0.3) is 0 Å². The van der Waals surface area contributed by atoms with Crippen molar-refractivity contribution in [2.45, 2.75) is 6.92 Å². The van der Waals surface area contributed by atoms with Crippen LogP contribution in [0.4, 0.5) is 21.7 Å². The van der Waals surface area contributed by atoms with Crippen molar-refractivity contribution in [2.24, 2.45) is 12.5 Å². The Labute approximate surface area is 219 Å². The lowest BCUT2D eigenvalue weighted by atomic mass is 9.72. The number of amides is 1. The highest BCUT2D eigenvalue weighted by Gasteiger charge is 2.53. The number of carbonyl (C=O) groups is 1. The number of methoxy groups -OCH3 is 2. The van der Waals surface area contributed by atoms with E-state index in [1.165, 1.54) is 0 Å². The van der Waals surface area contributed by atoms with E-state index in [1.54, 1.807) is 27.3 Å². The van der Waals surface area contributed by atoms with Crippen LogP contribution in [-0.2, 0) is 11.8 Å². The van der Waals surface area contributed by atoms with E-state index < -0.39 is 5.82 Å². The largest absolute Gasteiger partial charge is 0.494 e. The van der Waals surface area contributed by atoms with Crippen molar-refractivity contribution in [3.8, 4) is 22.8 Å². The SMILES string of the molecule is COc1cc(N2CC3(CN(C(C)=O)C3)C2)c(OC)cc1Nc1ncc(F)c(-c2cnc3c(ccn3C)c2)n1. The van der Waals surface area contributed by atoms with Crippen molar-refractivity contribution in [1.29, 1.82) is 0 Å². The number of nitrogens with zero attached hydrogens (tertiary/aromatic N) is 6. The molecule has 6 rings (SSSR count). The fraction of sp³-hybridized carbons (Fsp3) is 0.333. The summed E-state index contributed by atoms with van der Waals surface area (Å²) in [6.07, 6.45) is 4.65. The lowest BCUT2D eigenvalue weighted by Gasteiger charge is -2.60. The van der Waals surface area contributed by atoms with Crippen LogP contribution in [0.3, 0.4) is 0 Å². The van der Waals surface area contributed by atoms with E-state index in [0.29, 0.717) is 22.7 Å². The molecule has 2 saturated heterocycles. The van der Waals surface area contributed by atoms with Crippen LogP contribution < -0.4 is 19.7 Å². The average Bonchev–Trinajstić information content (AvgIpc) is 3.23. The van der Waals surface area contributed by atoms with Crippen LogP contribution in [0.2, 0.25) is 0 Å². The summed E-state index contributed by atoms with van der Waals surface area (Å²) in [5.41, 5.74) is 3.15. The number of anilines is 3. The van der Waals surface area contributed by atoms with Gasteiger partial charge in [-0.05, 0) is 12.1 Å². The second-order valence-electron chi connectivity index (χ2n) is 10.0. The number of rotatable bonds is 6. The molecule has 2 fully saturated rings. The summed E-state index contributed by atoms with van der Waals surface area (Å²) < 4.78 is 28.0. The Hall–Kier alpha value is -4.41. The summed E-state index contributed by atoms with van der Waals surface area (Å²) in [5, 5.41) is 4.05. The lowest BCUT2D eigenvalue weighted by molar-refractivity contribution is -0.142. The summed E-state index contributed by atoms with van der Waals surface area (Å²) in [7, 11) is 5.11. The molecule has 4 aromatic rings. The number of hydrogen-bond donors (Lipinski definition) is 1. The molecule has 38 heavy (non-hydrogen) atoms. The van der Waals surface area contributed by atoms with Gasteiger partial charge in [0, 0.05) is 81.0 Å². The second kappa shape index (κ2) is 8.86. The molecular formula is C27H28FN7O3. The molecule has 3 aromatic heterocycles. The smallest absolute Gasteiger partial charge is 0.228 e. The summed E-state index contributed by atoms with van der Waals surface area (Å²) in [6.45, 7) is 4.86. The minimum absolute atomic E-state index is 0.117. The number of aromatic nitrogens is 4. The molecule has 0 bridgehead atoms. The number of aryl methyl sites for hydroxylation is 1. The number of pyridine rings is 1. The minimum atomic E-state index is -0.543. The molecule has 0 aliphatic carbocycles. The molecule has 1 aromatic carbocycles. The predicted octanol–water partition coefficient (Wildman–Crippen LogP) is 3.60. The molecule has 196 valence electrons. The molecule has 11 heteroatoms. The van der Waals surface area contributed by atoms with Crippen molar-refractivity contribution >= 4 is 34.3 Å². The molecule has 2 aliphatic heterocycles. The standard InChI is InChI=1S/C27H28FN7O3/c1-16(36)34-12-27(13-34)14-35(15-27)21-9-22(37-3)20(8-23(21)38-4)31-26-30-11-19(28)24(32-26)18-7-17-5-6-33(2)25(17)29-10-18/h5-11H,12-15H2,1-4H3,(H,30,31,32). The van der Waals surface area contributed by atoms with Crippen molar-refractivity contribution in [3.05, 3.63) is 48.7 Å². The van der Waals surface area contributed by atoms with Crippen LogP contribution in [0.1, 0.15) is 6.92 Å². The maximum absolute atomic E-state index is 14.8. The summed E-state index contributed by atoms with van der Waals surface area (Å²) >= 11 is 0. The van der Waals surface area contributed by atoms with Crippen molar-refractivity contribution in [3.63, 3.8) is 0 Å². The molecular weight excluding hydrogens is 489 g/mol. The quantitative estimate of drug-likeness (QED) is 0.415. The Bertz CT molecular complexity index is 1560. The number of fused-ring (bicyclic) bond motifs is 1. The number of nitrogens with one attached hydrogen (secondary N) is 1. The van der Waals surface area contributed by atoms with Crippen LogP contribution in [0, 0.1) is 11.2 Å². The van der Waals surface area contributed by atoms with Gasteiger partial charge in [0.15, 0.2) is 5.82 Å². The monoisotopic (exact) mass is 517 g/mol. The van der Waals surface area contributed by atoms with Gasteiger partial charge in [-0.25, -0.2) is 19.3 Å². The van der Waals surface area contributed by atoms with Gasteiger partial charge in [-0.3, -0.25) is 4.79 Å². The number of ether oxygens (including phenoxy) is 2. The van der Waals surface area contributed by atoms with Crippen LogP contribution in [0.25, 0.3) is 22.3 Å². The van der Waals surface area contributed by atoms with Gasteiger partial charge in [0.1, 0.15) is 22.8 Å². The number of hydrogen-bond acceptors (Lipinski definition) is 8. The van der Waals surface area contributed by atoms with Gasteiger partial charge >= 0.3 is 0 Å². The fourth-order valence-corrected chi connectivity index (χ4v) is 5.38. The lowest BCUT2D eigenvalue weighted by Crippen LogP contribution is -2.72. The van der Waals surface area contributed by atoms with Gasteiger partial charge < -0.3 is 29.2 Å². The number of carbonyl (C=O) groups excluding carboxylic acids is 1. The van der Waals surface area contributed by atoms with Gasteiger partial charge in [-0.15, -0.1) is 0 Å². The summed E-state index contributed by atoms with van der Waals surface area (Å²) in [5.74, 6) is 1.02. The Balaban J connectivity index is 1.26. The van der Waals surface area contributed by atoms with Crippen molar-refractivity contribution in [1.82, 2.24) is 24.4 Å². The topological polar surface area (TPSA) is 97.6 Å². The van der Waals surface area contributed by atoms with Gasteiger partial charge in [0.2, 0.25) is 11.9 Å². The minimum Gasteiger partial charge on any atom is -0.494 e. The third kappa shape index (κ3) is 3.94. The number of halogens is 1. The van der Waals surface area contributed by atoms with Crippen LogP contribution in [-0.4, -0.2) is 70.7 Å². The van der Waals surface area contributed by atoms with E-state index in [0.717, 1.165) is 49.1 Å². The molecule has 0 radical (unpaired) electrons. The van der Waals surface area contributed by atoms with E-state index in [4.69, 9.17) is 9.47 Å². The van der Waals surface area contributed by atoms with E-state index in [2.05, 4.69) is 25.2 Å². The summed E-state index contributed by atoms with van der Waals surface area (Å²) in [6, 6.07) is 7.51. The Morgan fingerprint density at radius 2 is 1.82 bits per heavy atom. The summed E-state index contributed by atoms with van der Waals surface area (Å²) in [4.78, 5) is 28.7. The molecule has 0 atom stereocenters. The maximum Gasteiger partial charge on any atom is 0.228 e. The molecule has 2 aliphatic rings. The van der Waals surface area contributed by atoms with Gasteiger partial charge in [-0.2, -0.15) is 0 Å². The first-order chi connectivity index (χ1) is 18.3. The Morgan fingerprint density at radius 1 is 1.05 bits per heavy atom. The van der Waals surface area contributed by atoms with Crippen LogP contribution in [0.15, 0.2) is 42.9 Å². The number of benzene rings is 1. The highest BCUT2D eigenvalue weighted by Crippen LogP contribution is 2.47. The maximum atomic E-state index is 14.8. The zero-order chi connectivity index (χ0) is 26.6. The molecule has 1 amide bonds.